The lowest BCUT2D eigenvalue weighted by atomic mass is 9.89. The number of aromatic amines is 2. The molecule has 0 bridgehead atoms. The van der Waals surface area contributed by atoms with Crippen LogP contribution in [0.1, 0.15) is 34.2 Å². The third kappa shape index (κ3) is 2.18. The average Bonchev–Trinajstić information content (AvgIpc) is 3.31. The molecular formula is C15H14N6O3. The minimum Gasteiger partial charge on any atom is -0.459 e. The van der Waals surface area contributed by atoms with Crippen LogP contribution in [0.25, 0.3) is 11.5 Å². The SMILES string of the molecule is CNC(=O)c1[nH]nc2c1C(c1ccc(-c3ccn[nH]3)o1)CC(=O)N2. The lowest BCUT2D eigenvalue weighted by Gasteiger charge is -2.20. The molecule has 4 rings (SSSR count). The Bertz CT molecular complexity index is 908. The molecule has 0 fully saturated rings. The molecule has 0 radical (unpaired) electrons. The van der Waals surface area contributed by atoms with Crippen molar-refractivity contribution < 1.29 is 14.0 Å². The van der Waals surface area contributed by atoms with Crippen LogP contribution in [0.15, 0.2) is 28.8 Å². The van der Waals surface area contributed by atoms with Crippen LogP contribution in [0, 0.1) is 0 Å². The fraction of sp³-hybridized carbons (Fsp3) is 0.200. The first-order valence-electron chi connectivity index (χ1n) is 7.37. The van der Waals surface area contributed by atoms with Gasteiger partial charge in [-0.3, -0.25) is 19.8 Å². The predicted molar refractivity (Wildman–Crippen MR) is 83.4 cm³/mol. The molecule has 1 unspecified atom stereocenters. The molecule has 1 aliphatic rings. The van der Waals surface area contributed by atoms with E-state index in [1.54, 1.807) is 24.4 Å². The lowest BCUT2D eigenvalue weighted by molar-refractivity contribution is -0.116. The average molecular weight is 326 g/mol. The van der Waals surface area contributed by atoms with Gasteiger partial charge in [0.1, 0.15) is 17.1 Å². The summed E-state index contributed by atoms with van der Waals surface area (Å²) in [6, 6.07) is 5.38. The quantitative estimate of drug-likeness (QED) is 0.575. The number of carbonyl (C=O) groups is 2. The van der Waals surface area contributed by atoms with Gasteiger partial charge in [0.25, 0.3) is 5.91 Å². The van der Waals surface area contributed by atoms with E-state index in [2.05, 4.69) is 31.0 Å². The minimum absolute atomic E-state index is 0.173. The van der Waals surface area contributed by atoms with Gasteiger partial charge in [-0.1, -0.05) is 0 Å². The van der Waals surface area contributed by atoms with E-state index in [-0.39, 0.29) is 18.2 Å². The molecule has 9 heteroatoms. The number of amides is 2. The number of nitrogens with one attached hydrogen (secondary N) is 4. The molecule has 24 heavy (non-hydrogen) atoms. The Labute approximate surface area is 135 Å². The molecule has 1 aliphatic heterocycles. The van der Waals surface area contributed by atoms with Gasteiger partial charge in [0, 0.05) is 25.2 Å². The summed E-state index contributed by atoms with van der Waals surface area (Å²) in [5, 5.41) is 18.7. The summed E-state index contributed by atoms with van der Waals surface area (Å²) in [6.45, 7) is 0. The van der Waals surface area contributed by atoms with Crippen molar-refractivity contribution in [2.45, 2.75) is 12.3 Å². The highest BCUT2D eigenvalue weighted by Crippen LogP contribution is 2.39. The molecule has 4 N–H and O–H groups in total. The Morgan fingerprint density at radius 1 is 1.33 bits per heavy atom. The molecule has 2 amide bonds. The normalized spacial score (nSPS) is 16.5. The van der Waals surface area contributed by atoms with Crippen LogP contribution in [0.4, 0.5) is 5.82 Å². The highest BCUT2D eigenvalue weighted by atomic mass is 16.3. The topological polar surface area (TPSA) is 129 Å². The predicted octanol–water partition coefficient (Wildman–Crippen LogP) is 1.23. The van der Waals surface area contributed by atoms with Gasteiger partial charge < -0.3 is 15.1 Å². The monoisotopic (exact) mass is 326 g/mol. The number of anilines is 1. The van der Waals surface area contributed by atoms with Gasteiger partial charge >= 0.3 is 0 Å². The molecule has 0 aromatic carbocycles. The van der Waals surface area contributed by atoms with Gasteiger partial charge in [-0.2, -0.15) is 10.2 Å². The van der Waals surface area contributed by atoms with Crippen LogP contribution >= 0.6 is 0 Å². The van der Waals surface area contributed by atoms with E-state index in [4.69, 9.17) is 4.42 Å². The summed E-state index contributed by atoms with van der Waals surface area (Å²) in [5.74, 6) is 0.681. The molecule has 3 aromatic rings. The second-order valence-corrected chi connectivity index (χ2v) is 5.42. The first kappa shape index (κ1) is 14.2. The van der Waals surface area contributed by atoms with Crippen molar-refractivity contribution in [2.24, 2.45) is 0 Å². The van der Waals surface area contributed by atoms with Crippen LogP contribution in [-0.4, -0.2) is 39.3 Å². The van der Waals surface area contributed by atoms with Crippen molar-refractivity contribution in [3.63, 3.8) is 0 Å². The van der Waals surface area contributed by atoms with Crippen molar-refractivity contribution in [1.82, 2.24) is 25.7 Å². The second kappa shape index (κ2) is 5.37. The zero-order valence-electron chi connectivity index (χ0n) is 12.7. The minimum atomic E-state index is -0.392. The molecule has 122 valence electrons. The molecule has 0 saturated carbocycles. The number of hydrogen-bond donors (Lipinski definition) is 4. The van der Waals surface area contributed by atoms with Crippen molar-refractivity contribution in [3.05, 3.63) is 41.4 Å². The maximum absolute atomic E-state index is 12.1. The Morgan fingerprint density at radius 2 is 2.21 bits per heavy atom. The first-order valence-corrected chi connectivity index (χ1v) is 7.37. The standard InChI is InChI=1S/C15H14N6O3/c1-16-15(23)13-12-7(6-11(22)18-14(12)21-20-13)9-2-3-10(24-9)8-4-5-17-19-8/h2-5,7H,6H2,1H3,(H,16,23)(H,17,19)(H2,18,20,21,22). The van der Waals surface area contributed by atoms with Gasteiger partial charge in [0.15, 0.2) is 11.6 Å². The second-order valence-electron chi connectivity index (χ2n) is 5.42. The van der Waals surface area contributed by atoms with Crippen molar-refractivity contribution in [2.75, 3.05) is 12.4 Å². The van der Waals surface area contributed by atoms with E-state index in [1.807, 2.05) is 0 Å². The van der Waals surface area contributed by atoms with E-state index >= 15 is 0 Å². The van der Waals surface area contributed by atoms with Crippen LogP contribution in [-0.2, 0) is 4.79 Å². The summed E-state index contributed by atoms with van der Waals surface area (Å²) in [7, 11) is 1.54. The maximum Gasteiger partial charge on any atom is 0.269 e. The number of carbonyl (C=O) groups excluding carboxylic acids is 2. The molecule has 0 aliphatic carbocycles. The highest BCUT2D eigenvalue weighted by molar-refractivity contribution is 6.00. The Balaban J connectivity index is 1.78. The van der Waals surface area contributed by atoms with E-state index < -0.39 is 5.92 Å². The lowest BCUT2D eigenvalue weighted by Crippen LogP contribution is -2.26. The number of furan rings is 1. The largest absolute Gasteiger partial charge is 0.459 e. The summed E-state index contributed by atoms with van der Waals surface area (Å²) in [5.41, 5.74) is 1.68. The zero-order chi connectivity index (χ0) is 16.7. The number of aromatic nitrogens is 4. The van der Waals surface area contributed by atoms with Crippen LogP contribution < -0.4 is 10.6 Å². The van der Waals surface area contributed by atoms with Gasteiger partial charge in [-0.05, 0) is 18.2 Å². The third-order valence-corrected chi connectivity index (χ3v) is 3.99. The molecular weight excluding hydrogens is 312 g/mol. The molecule has 0 spiro atoms. The van der Waals surface area contributed by atoms with E-state index in [0.717, 1.165) is 5.69 Å². The van der Waals surface area contributed by atoms with Crippen molar-refractivity contribution in [1.29, 1.82) is 0 Å². The Morgan fingerprint density at radius 3 is 2.96 bits per heavy atom. The van der Waals surface area contributed by atoms with Crippen molar-refractivity contribution >= 4 is 17.6 Å². The summed E-state index contributed by atoms with van der Waals surface area (Å²) in [6.07, 6.45) is 1.80. The van der Waals surface area contributed by atoms with E-state index in [1.165, 1.54) is 7.05 Å². The Hall–Kier alpha value is -3.36. The van der Waals surface area contributed by atoms with E-state index in [0.29, 0.717) is 28.6 Å². The van der Waals surface area contributed by atoms with Gasteiger partial charge in [0.2, 0.25) is 5.91 Å². The number of fused-ring (bicyclic) bond motifs is 1. The smallest absolute Gasteiger partial charge is 0.269 e. The van der Waals surface area contributed by atoms with Crippen LogP contribution in [0.3, 0.4) is 0 Å². The zero-order valence-corrected chi connectivity index (χ0v) is 12.7. The van der Waals surface area contributed by atoms with Crippen LogP contribution in [0.2, 0.25) is 0 Å². The molecule has 4 heterocycles. The molecule has 1 atom stereocenters. The molecule has 9 nitrogen and oxygen atoms in total. The van der Waals surface area contributed by atoms with Gasteiger partial charge in [0.05, 0.1) is 5.92 Å². The van der Waals surface area contributed by atoms with Gasteiger partial charge in [-0.25, -0.2) is 0 Å². The third-order valence-electron chi connectivity index (χ3n) is 3.99. The fourth-order valence-electron chi connectivity index (χ4n) is 2.87. The number of nitrogens with zero attached hydrogens (tertiary/aromatic N) is 2. The van der Waals surface area contributed by atoms with E-state index in [9.17, 15) is 9.59 Å². The number of hydrogen-bond acceptors (Lipinski definition) is 5. The molecule has 3 aromatic heterocycles. The maximum atomic E-state index is 12.1. The number of H-pyrrole nitrogens is 2. The summed E-state index contributed by atoms with van der Waals surface area (Å²) < 4.78 is 5.89. The van der Waals surface area contributed by atoms with Crippen LogP contribution in [0.5, 0.6) is 0 Å². The summed E-state index contributed by atoms with van der Waals surface area (Å²) >= 11 is 0. The number of rotatable bonds is 3. The highest BCUT2D eigenvalue weighted by Gasteiger charge is 2.35. The van der Waals surface area contributed by atoms with Gasteiger partial charge in [-0.15, -0.1) is 0 Å². The molecule has 0 saturated heterocycles. The Kier molecular flexibility index (Phi) is 3.19. The fourth-order valence-corrected chi connectivity index (χ4v) is 2.87. The van der Waals surface area contributed by atoms with Crippen molar-refractivity contribution in [3.8, 4) is 11.5 Å². The first-order chi connectivity index (χ1) is 11.7. The summed E-state index contributed by atoms with van der Waals surface area (Å²) in [4.78, 5) is 24.0.